The van der Waals surface area contributed by atoms with Crippen molar-refractivity contribution < 1.29 is 0 Å². The number of fused-ring (bicyclic) bond motifs is 10. The molecule has 2 aromatic carbocycles. The number of hydrogen-bond donors (Lipinski definition) is 0. The van der Waals surface area contributed by atoms with E-state index in [2.05, 4.69) is 0 Å². The average molecular weight is 639 g/mol. The van der Waals surface area contributed by atoms with Crippen LogP contribution >= 0.6 is 81.1 Å². The Hall–Kier alpha value is -1.97. The SMILES string of the molecule is ClB1n2c3c4c(c2=NC2=NC(N=c5c6c(Cl)ccc(Cl)c6c(n51)=N3)c1c(Cl)ccc(Cl)c12)=C(Cl)C=CC4Cl. The quantitative estimate of drug-likeness (QED) is 0.171. The molecule has 2 unspecified atom stereocenters. The molecule has 0 saturated heterocycles. The van der Waals surface area contributed by atoms with Crippen LogP contribution in [0.4, 0.5) is 5.82 Å². The topological polar surface area (TPSA) is 59.3 Å². The van der Waals surface area contributed by atoms with E-state index in [0.29, 0.717) is 85.9 Å². The maximum atomic E-state index is 7.26. The Bertz CT molecular complexity index is 2150. The summed E-state index contributed by atoms with van der Waals surface area (Å²) in [6.07, 6.45) is 1.90. The van der Waals surface area contributed by atoms with E-state index in [4.69, 9.17) is 101 Å². The van der Waals surface area contributed by atoms with Crippen LogP contribution in [0, 0.1) is 0 Å². The second-order valence-corrected chi connectivity index (χ2v) is 11.9. The highest BCUT2D eigenvalue weighted by atomic mass is 35.5. The Morgan fingerprint density at radius 3 is 2.18 bits per heavy atom. The first kappa shape index (κ1) is 23.9. The molecule has 186 valence electrons. The van der Waals surface area contributed by atoms with E-state index in [1.54, 1.807) is 45.4 Å². The summed E-state index contributed by atoms with van der Waals surface area (Å²) in [7, 11) is 0. The van der Waals surface area contributed by atoms with Crippen LogP contribution in [0.5, 0.6) is 0 Å². The minimum absolute atomic E-state index is 0.345. The van der Waals surface area contributed by atoms with Crippen molar-refractivity contribution in [2.75, 3.05) is 0 Å². The smallest absolute Gasteiger partial charge is 0.319 e. The van der Waals surface area contributed by atoms with Gasteiger partial charge in [-0.05, 0) is 30.3 Å². The zero-order valence-corrected chi connectivity index (χ0v) is 23.8. The molecule has 4 bridgehead atoms. The molecule has 38 heavy (non-hydrogen) atoms. The molecule has 14 heteroatoms. The fraction of sp³-hybridized carbons (Fsp3) is 0.0833. The Morgan fingerprint density at radius 2 is 1.42 bits per heavy atom. The van der Waals surface area contributed by atoms with Gasteiger partial charge < -0.3 is 8.96 Å². The lowest BCUT2D eigenvalue weighted by molar-refractivity contribution is 0.744. The first-order valence-electron chi connectivity index (χ1n) is 11.3. The number of benzene rings is 2. The number of amidine groups is 1. The molecule has 2 aromatic heterocycles. The fourth-order valence-electron chi connectivity index (χ4n) is 5.52. The van der Waals surface area contributed by atoms with Crippen LogP contribution in [0.3, 0.4) is 0 Å². The van der Waals surface area contributed by atoms with Crippen LogP contribution in [-0.2, 0) is 0 Å². The second kappa shape index (κ2) is 8.04. The average Bonchev–Trinajstić information content (AvgIpc) is 3.52. The lowest BCUT2D eigenvalue weighted by Crippen LogP contribution is -2.50. The largest absolute Gasteiger partial charge is 0.499 e. The number of rotatable bonds is 0. The predicted octanol–water partition coefficient (Wildman–Crippen LogP) is 5.85. The number of allylic oxidation sites excluding steroid dienone is 2. The van der Waals surface area contributed by atoms with Crippen LogP contribution in [-0.4, -0.2) is 21.2 Å². The molecule has 0 fully saturated rings. The molecule has 1 aliphatic carbocycles. The van der Waals surface area contributed by atoms with Gasteiger partial charge in [0, 0.05) is 37.7 Å². The predicted molar refractivity (Wildman–Crippen MR) is 154 cm³/mol. The van der Waals surface area contributed by atoms with Crippen molar-refractivity contribution in [1.82, 2.24) is 8.96 Å². The summed E-state index contributed by atoms with van der Waals surface area (Å²) >= 11 is 47.7. The van der Waals surface area contributed by atoms with Crippen molar-refractivity contribution in [3.63, 3.8) is 0 Å². The molecule has 8 rings (SSSR count). The maximum absolute atomic E-state index is 7.26. The lowest BCUT2D eigenvalue weighted by atomic mass is 10.1. The lowest BCUT2D eigenvalue weighted by Gasteiger charge is -2.18. The maximum Gasteiger partial charge on any atom is 0.499 e. The minimum atomic E-state index is -0.861. The highest BCUT2D eigenvalue weighted by molar-refractivity contribution is 7.05. The van der Waals surface area contributed by atoms with E-state index in [0.717, 1.165) is 0 Å². The van der Waals surface area contributed by atoms with Gasteiger partial charge in [0.1, 0.15) is 22.3 Å². The second-order valence-electron chi connectivity index (χ2n) is 9.02. The summed E-state index contributed by atoms with van der Waals surface area (Å²) in [6, 6.07) is 6.85. The van der Waals surface area contributed by atoms with Gasteiger partial charge in [-0.2, -0.15) is 0 Å². The van der Waals surface area contributed by atoms with Crippen LogP contribution in [0.2, 0.25) is 20.1 Å². The van der Waals surface area contributed by atoms with Crippen molar-refractivity contribution >= 4 is 115 Å². The van der Waals surface area contributed by atoms with Crippen molar-refractivity contribution in [1.29, 1.82) is 0 Å². The number of hydrogen-bond acceptors (Lipinski definition) is 4. The van der Waals surface area contributed by atoms with Crippen molar-refractivity contribution in [3.8, 4) is 0 Å². The molecule has 6 nitrogen and oxygen atoms in total. The molecule has 0 radical (unpaired) electrons. The third-order valence-corrected chi connectivity index (χ3v) is 9.43. The van der Waals surface area contributed by atoms with Gasteiger partial charge in [0.05, 0.1) is 25.5 Å². The standard InChI is InChI=1S/C24H8BCl7N6/c26-7-1-2-8(27)14-13(7)19-33-20(14)35-22-16-10(29)4-6-12(31)18(16)24-36-23-17-11(30)5-3-9(28)15(17)21(34-19)37(23)25(32)38(22)24/h1-6,11,20H. The van der Waals surface area contributed by atoms with Gasteiger partial charge in [-0.25, -0.2) is 20.0 Å². The van der Waals surface area contributed by atoms with Gasteiger partial charge in [-0.1, -0.05) is 64.1 Å². The summed E-state index contributed by atoms with van der Waals surface area (Å²) in [6.45, 7) is 0. The molecular formula is C24H8BCl7N6. The minimum Gasteiger partial charge on any atom is -0.319 e. The summed E-state index contributed by atoms with van der Waals surface area (Å²) in [5.74, 6) is 0.849. The van der Waals surface area contributed by atoms with Gasteiger partial charge in [-0.3, -0.25) is 0 Å². The summed E-state index contributed by atoms with van der Waals surface area (Å²) in [5, 5.41) is 3.50. The Morgan fingerprint density at radius 1 is 0.737 bits per heavy atom. The van der Waals surface area contributed by atoms with Gasteiger partial charge in [-0.15, -0.1) is 23.1 Å². The Kier molecular flexibility index (Phi) is 5.05. The highest BCUT2D eigenvalue weighted by Gasteiger charge is 2.38. The van der Waals surface area contributed by atoms with Gasteiger partial charge in [0.25, 0.3) is 0 Å². The van der Waals surface area contributed by atoms with E-state index in [1.807, 2.05) is 0 Å². The number of aliphatic imine (C=N–C) groups is 1. The fourth-order valence-corrected chi connectivity index (χ4v) is 7.42. The first-order valence-corrected chi connectivity index (χ1v) is 14.0. The van der Waals surface area contributed by atoms with Crippen LogP contribution in [0.1, 0.15) is 28.2 Å². The number of alkyl halides is 1. The van der Waals surface area contributed by atoms with E-state index < -0.39 is 17.9 Å². The van der Waals surface area contributed by atoms with E-state index in [1.165, 1.54) is 0 Å². The molecule has 0 amide bonds. The zero-order chi connectivity index (χ0) is 26.2. The van der Waals surface area contributed by atoms with Crippen molar-refractivity contribution in [2.45, 2.75) is 11.5 Å². The Balaban J connectivity index is 1.71. The van der Waals surface area contributed by atoms with E-state index >= 15 is 0 Å². The molecule has 3 aliphatic heterocycles. The monoisotopic (exact) mass is 636 g/mol. The number of halogens is 7. The molecular weight excluding hydrogens is 631 g/mol. The van der Waals surface area contributed by atoms with E-state index in [-0.39, 0.29) is 0 Å². The normalized spacial score (nSPS) is 20.0. The zero-order valence-electron chi connectivity index (χ0n) is 18.5. The third-order valence-electron chi connectivity index (χ3n) is 7.09. The van der Waals surface area contributed by atoms with Gasteiger partial charge in [0.15, 0.2) is 12.0 Å². The number of aromatic nitrogens is 2. The molecule has 4 aromatic rings. The molecule has 2 atom stereocenters. The molecule has 0 saturated carbocycles. The highest BCUT2D eigenvalue weighted by Crippen LogP contribution is 2.41. The number of nitrogens with zero attached hydrogens (tertiary/aromatic N) is 6. The first-order chi connectivity index (χ1) is 18.3. The third kappa shape index (κ3) is 2.91. The van der Waals surface area contributed by atoms with Crippen LogP contribution in [0.25, 0.3) is 15.8 Å². The van der Waals surface area contributed by atoms with Crippen LogP contribution < -0.4 is 21.7 Å². The van der Waals surface area contributed by atoms with Gasteiger partial charge >= 0.3 is 6.40 Å². The van der Waals surface area contributed by atoms with E-state index in [9.17, 15) is 0 Å². The van der Waals surface area contributed by atoms with Crippen LogP contribution in [0.15, 0.2) is 56.4 Å². The molecule has 0 spiro atoms. The summed E-state index contributed by atoms with van der Waals surface area (Å²) in [5.41, 5.74) is 3.25. The molecule has 5 heterocycles. The van der Waals surface area contributed by atoms with Crippen molar-refractivity contribution in [2.24, 2.45) is 20.0 Å². The summed E-state index contributed by atoms with van der Waals surface area (Å²) < 4.78 is 3.53. The molecule has 0 N–H and O–H groups in total. The van der Waals surface area contributed by atoms with Crippen molar-refractivity contribution in [3.05, 3.63) is 94.9 Å². The van der Waals surface area contributed by atoms with Gasteiger partial charge in [0.2, 0.25) is 0 Å². The Labute approximate surface area is 248 Å². The molecule has 4 aliphatic rings. The summed E-state index contributed by atoms with van der Waals surface area (Å²) in [4.78, 5) is 19.9.